The third-order valence-corrected chi connectivity index (χ3v) is 6.98. The summed E-state index contributed by atoms with van der Waals surface area (Å²) in [6.07, 6.45) is 35.1. The van der Waals surface area contributed by atoms with E-state index in [0.717, 1.165) is 57.8 Å². The summed E-state index contributed by atoms with van der Waals surface area (Å²) in [7, 11) is 0. The lowest BCUT2D eigenvalue weighted by Crippen LogP contribution is -2.50. The summed E-state index contributed by atoms with van der Waals surface area (Å²) in [4.78, 5) is 12.3. The van der Waals surface area contributed by atoms with E-state index in [2.05, 4.69) is 54.8 Å². The van der Waals surface area contributed by atoms with Gasteiger partial charge in [-0.1, -0.05) is 100 Å². The third-order valence-electron chi connectivity index (χ3n) is 6.98. The molecule has 0 bridgehead atoms. The second-order valence-electron chi connectivity index (χ2n) is 10.7. The van der Waals surface area contributed by atoms with Gasteiger partial charge in [-0.3, -0.25) is 4.79 Å². The molecule has 0 aromatic heterocycles. The summed E-state index contributed by atoms with van der Waals surface area (Å²) in [6, 6.07) is -0.834. The van der Waals surface area contributed by atoms with Gasteiger partial charge in [0.25, 0.3) is 0 Å². The molecule has 0 spiro atoms. The summed E-state index contributed by atoms with van der Waals surface area (Å²) in [5, 5.41) is 33.0. The quantitative estimate of drug-likeness (QED) is 0.0622. The number of carbonyl (C=O) groups is 1. The molecule has 0 aliphatic heterocycles. The van der Waals surface area contributed by atoms with Gasteiger partial charge in [0.1, 0.15) is 6.10 Å². The van der Waals surface area contributed by atoms with Crippen molar-refractivity contribution in [1.29, 1.82) is 0 Å². The first kappa shape index (κ1) is 37.3. The van der Waals surface area contributed by atoms with E-state index in [4.69, 9.17) is 0 Å². The second-order valence-corrected chi connectivity index (χ2v) is 10.7. The molecule has 226 valence electrons. The SMILES string of the molecule is C/C=C/CC/C=C/CCCC(O)C(O)C(CO)NC(=O)CCCCCCCCC/C=C\C/C=C\CCCCC. The molecule has 1 amide bonds. The van der Waals surface area contributed by atoms with Crippen LogP contribution in [0.25, 0.3) is 0 Å². The summed E-state index contributed by atoms with van der Waals surface area (Å²) in [5.74, 6) is -0.174. The topological polar surface area (TPSA) is 89.8 Å². The first-order chi connectivity index (χ1) is 19.1. The zero-order valence-electron chi connectivity index (χ0n) is 25.2. The van der Waals surface area contributed by atoms with Crippen LogP contribution in [0.2, 0.25) is 0 Å². The molecular weight excluding hydrogens is 486 g/mol. The number of aliphatic hydroxyl groups excluding tert-OH is 3. The van der Waals surface area contributed by atoms with Crippen LogP contribution >= 0.6 is 0 Å². The monoisotopic (exact) mass is 547 g/mol. The average molecular weight is 548 g/mol. The van der Waals surface area contributed by atoms with Crippen LogP contribution in [0.15, 0.2) is 48.6 Å². The highest BCUT2D eigenvalue weighted by molar-refractivity contribution is 5.76. The van der Waals surface area contributed by atoms with E-state index < -0.39 is 18.2 Å². The highest BCUT2D eigenvalue weighted by atomic mass is 16.3. The predicted molar refractivity (Wildman–Crippen MR) is 167 cm³/mol. The fourth-order valence-electron chi connectivity index (χ4n) is 4.45. The number of allylic oxidation sites excluding steroid dienone is 8. The predicted octanol–water partition coefficient (Wildman–Crippen LogP) is 7.86. The Morgan fingerprint density at radius 1 is 0.692 bits per heavy atom. The van der Waals surface area contributed by atoms with E-state index in [1.807, 2.05) is 13.0 Å². The van der Waals surface area contributed by atoms with Crippen LogP contribution in [-0.4, -0.2) is 46.1 Å². The lowest BCUT2D eigenvalue weighted by Gasteiger charge is -2.26. The van der Waals surface area contributed by atoms with E-state index in [-0.39, 0.29) is 12.5 Å². The molecule has 0 fully saturated rings. The minimum absolute atomic E-state index is 0.174. The Labute approximate surface area is 240 Å². The largest absolute Gasteiger partial charge is 0.394 e. The van der Waals surface area contributed by atoms with Crippen molar-refractivity contribution >= 4 is 5.91 Å². The van der Waals surface area contributed by atoms with Crippen LogP contribution in [0.4, 0.5) is 0 Å². The molecule has 0 saturated carbocycles. The van der Waals surface area contributed by atoms with E-state index in [9.17, 15) is 20.1 Å². The Balaban J connectivity index is 3.77. The lowest BCUT2D eigenvalue weighted by atomic mass is 10.0. The van der Waals surface area contributed by atoms with E-state index in [1.165, 1.54) is 51.4 Å². The van der Waals surface area contributed by atoms with Crippen molar-refractivity contribution < 1.29 is 20.1 Å². The summed E-state index contributed by atoms with van der Waals surface area (Å²) < 4.78 is 0. The normalized spacial score (nSPS) is 14.7. The van der Waals surface area contributed by atoms with Gasteiger partial charge in [0.05, 0.1) is 18.8 Å². The number of carbonyl (C=O) groups excluding carboxylic acids is 1. The number of hydrogen-bond donors (Lipinski definition) is 4. The molecule has 0 saturated heterocycles. The molecule has 4 N–H and O–H groups in total. The smallest absolute Gasteiger partial charge is 0.220 e. The Hall–Kier alpha value is -1.69. The first-order valence-electron chi connectivity index (χ1n) is 15.9. The number of nitrogens with one attached hydrogen (secondary N) is 1. The second kappa shape index (κ2) is 29.3. The Kier molecular flexibility index (Phi) is 28.0. The number of unbranched alkanes of at least 4 members (excludes halogenated alkanes) is 12. The van der Waals surface area contributed by atoms with Crippen LogP contribution in [0.3, 0.4) is 0 Å². The molecule has 0 aliphatic carbocycles. The Bertz CT molecular complexity index is 656. The maximum Gasteiger partial charge on any atom is 0.220 e. The fourth-order valence-corrected chi connectivity index (χ4v) is 4.45. The van der Waals surface area contributed by atoms with Crippen molar-refractivity contribution in [3.63, 3.8) is 0 Å². The standard InChI is InChI=1S/C34H61NO4/c1-3-5-7-9-11-13-14-15-16-17-18-19-20-21-23-25-27-29-33(38)35-31(30-36)34(39)32(37)28-26-24-22-12-10-8-6-4-2/h4,6,11-13,15-16,22,31-32,34,36-37,39H,3,5,7-10,14,17-21,23-30H2,1-2H3,(H,35,38)/b6-4+,13-11-,16-15-,22-12+. The maximum absolute atomic E-state index is 12.3. The number of hydrogen-bond acceptors (Lipinski definition) is 4. The average Bonchev–Trinajstić information content (AvgIpc) is 2.94. The van der Waals surface area contributed by atoms with Crippen LogP contribution in [0.1, 0.15) is 136 Å². The lowest BCUT2D eigenvalue weighted by molar-refractivity contribution is -0.124. The van der Waals surface area contributed by atoms with Gasteiger partial charge in [0.15, 0.2) is 0 Å². The molecule has 0 aromatic rings. The summed E-state index contributed by atoms with van der Waals surface area (Å²) >= 11 is 0. The van der Waals surface area contributed by atoms with Gasteiger partial charge < -0.3 is 20.6 Å². The molecule has 3 unspecified atom stereocenters. The molecule has 0 rings (SSSR count). The molecular formula is C34H61NO4. The number of aliphatic hydroxyl groups is 3. The van der Waals surface area contributed by atoms with Crippen molar-refractivity contribution in [3.05, 3.63) is 48.6 Å². The van der Waals surface area contributed by atoms with Gasteiger partial charge in [-0.25, -0.2) is 0 Å². The van der Waals surface area contributed by atoms with Crippen molar-refractivity contribution in [2.45, 2.75) is 154 Å². The number of rotatable bonds is 27. The molecule has 39 heavy (non-hydrogen) atoms. The summed E-state index contributed by atoms with van der Waals surface area (Å²) in [6.45, 7) is 3.86. The van der Waals surface area contributed by atoms with Gasteiger partial charge in [-0.05, 0) is 77.6 Å². The third kappa shape index (κ3) is 25.0. The van der Waals surface area contributed by atoms with E-state index >= 15 is 0 Å². The fraction of sp³-hybridized carbons (Fsp3) is 0.735. The Morgan fingerprint density at radius 2 is 1.23 bits per heavy atom. The van der Waals surface area contributed by atoms with Gasteiger partial charge >= 0.3 is 0 Å². The van der Waals surface area contributed by atoms with E-state index in [1.54, 1.807) is 0 Å². The molecule has 5 heteroatoms. The first-order valence-corrected chi connectivity index (χ1v) is 15.9. The molecule has 0 heterocycles. The molecule has 0 aromatic carbocycles. The summed E-state index contributed by atoms with van der Waals surface area (Å²) in [5.41, 5.74) is 0. The van der Waals surface area contributed by atoms with Crippen molar-refractivity contribution in [3.8, 4) is 0 Å². The minimum Gasteiger partial charge on any atom is -0.394 e. The molecule has 0 aliphatic rings. The van der Waals surface area contributed by atoms with Gasteiger partial charge in [-0.15, -0.1) is 0 Å². The van der Waals surface area contributed by atoms with Crippen LogP contribution < -0.4 is 5.32 Å². The number of amides is 1. The molecule has 3 atom stereocenters. The maximum atomic E-state index is 12.3. The van der Waals surface area contributed by atoms with Gasteiger partial charge in [0.2, 0.25) is 5.91 Å². The van der Waals surface area contributed by atoms with Crippen molar-refractivity contribution in [2.75, 3.05) is 6.61 Å². The zero-order valence-corrected chi connectivity index (χ0v) is 25.2. The van der Waals surface area contributed by atoms with Gasteiger partial charge in [-0.2, -0.15) is 0 Å². The van der Waals surface area contributed by atoms with E-state index in [0.29, 0.717) is 12.8 Å². The highest BCUT2D eigenvalue weighted by Crippen LogP contribution is 2.12. The molecule has 0 radical (unpaired) electrons. The van der Waals surface area contributed by atoms with Crippen LogP contribution in [0.5, 0.6) is 0 Å². The zero-order chi connectivity index (χ0) is 28.8. The molecule has 5 nitrogen and oxygen atoms in total. The van der Waals surface area contributed by atoms with Crippen molar-refractivity contribution in [2.24, 2.45) is 0 Å². The Morgan fingerprint density at radius 3 is 1.87 bits per heavy atom. The highest BCUT2D eigenvalue weighted by Gasteiger charge is 2.26. The van der Waals surface area contributed by atoms with Crippen molar-refractivity contribution in [1.82, 2.24) is 5.32 Å². The van der Waals surface area contributed by atoms with Crippen LogP contribution in [-0.2, 0) is 4.79 Å². The van der Waals surface area contributed by atoms with Crippen LogP contribution in [0, 0.1) is 0 Å². The van der Waals surface area contributed by atoms with Gasteiger partial charge in [0, 0.05) is 6.42 Å². The minimum atomic E-state index is -1.17.